The first-order chi connectivity index (χ1) is 15.7. The minimum atomic E-state index is -0.0817. The first kappa shape index (κ1) is 23.2. The highest BCUT2D eigenvalue weighted by Gasteiger charge is 2.32. The molecule has 0 spiro atoms. The Kier molecular flexibility index (Phi) is 6.39. The number of aromatic nitrogens is 2. The van der Waals surface area contributed by atoms with E-state index in [9.17, 15) is 9.59 Å². The van der Waals surface area contributed by atoms with Crippen molar-refractivity contribution in [1.82, 2.24) is 19.4 Å². The molecule has 174 valence electrons. The Hall–Kier alpha value is -2.99. The van der Waals surface area contributed by atoms with Gasteiger partial charge in [-0.05, 0) is 51.5 Å². The zero-order chi connectivity index (χ0) is 23.9. The van der Waals surface area contributed by atoms with Crippen LogP contribution in [-0.4, -0.2) is 50.9 Å². The Bertz CT molecular complexity index is 1250. The van der Waals surface area contributed by atoms with Gasteiger partial charge >= 0.3 is 0 Å². The number of aryl methyl sites for hydroxylation is 2. The normalized spacial score (nSPS) is 18.2. The first-order valence-corrected chi connectivity index (χ1v) is 11.8. The standard InChI is InChI=1S/C27H34N4O2/c1-17(2)26(32)30-14-13-29(16-20(30)5)21(6)25-28-23-10-8-7-9-22(23)27(33)31(25)24-12-11-18(3)15-19(24)4/h7-12,15,17,20-21H,13-14,16H2,1-6H3. The number of nitrogens with zero attached hydrogens (tertiary/aromatic N) is 4. The van der Waals surface area contributed by atoms with E-state index in [0.717, 1.165) is 35.7 Å². The molecule has 0 N–H and O–H groups in total. The van der Waals surface area contributed by atoms with Gasteiger partial charge in [0.05, 0.1) is 22.6 Å². The van der Waals surface area contributed by atoms with E-state index in [4.69, 9.17) is 4.98 Å². The number of fused-ring (bicyclic) bond motifs is 1. The van der Waals surface area contributed by atoms with Gasteiger partial charge in [-0.15, -0.1) is 0 Å². The molecule has 1 fully saturated rings. The average molecular weight is 447 g/mol. The lowest BCUT2D eigenvalue weighted by atomic mass is 10.1. The van der Waals surface area contributed by atoms with E-state index < -0.39 is 0 Å². The van der Waals surface area contributed by atoms with Gasteiger partial charge in [0.25, 0.3) is 5.56 Å². The lowest BCUT2D eigenvalue weighted by molar-refractivity contribution is -0.139. The maximum atomic E-state index is 13.7. The number of piperazine rings is 1. The van der Waals surface area contributed by atoms with Crippen LogP contribution in [0.4, 0.5) is 0 Å². The fourth-order valence-corrected chi connectivity index (χ4v) is 4.88. The zero-order valence-electron chi connectivity index (χ0n) is 20.5. The second-order valence-electron chi connectivity index (χ2n) is 9.62. The summed E-state index contributed by atoms with van der Waals surface area (Å²) in [5.41, 5.74) is 3.74. The van der Waals surface area contributed by atoms with E-state index >= 15 is 0 Å². The van der Waals surface area contributed by atoms with Crippen LogP contribution < -0.4 is 5.56 Å². The zero-order valence-corrected chi connectivity index (χ0v) is 20.5. The third-order valence-corrected chi connectivity index (χ3v) is 6.75. The molecule has 2 aromatic carbocycles. The van der Waals surface area contributed by atoms with Gasteiger partial charge in [0, 0.05) is 31.6 Å². The largest absolute Gasteiger partial charge is 0.337 e. The molecule has 1 aromatic heterocycles. The van der Waals surface area contributed by atoms with E-state index in [0.29, 0.717) is 17.4 Å². The Morgan fingerprint density at radius 3 is 2.45 bits per heavy atom. The van der Waals surface area contributed by atoms with Crippen molar-refractivity contribution in [3.05, 3.63) is 69.8 Å². The van der Waals surface area contributed by atoms with Gasteiger partial charge in [-0.1, -0.05) is 43.7 Å². The van der Waals surface area contributed by atoms with Gasteiger partial charge in [0.1, 0.15) is 5.82 Å². The number of benzene rings is 2. The summed E-state index contributed by atoms with van der Waals surface area (Å²) >= 11 is 0. The van der Waals surface area contributed by atoms with E-state index in [2.05, 4.69) is 31.7 Å². The molecule has 1 amide bonds. The van der Waals surface area contributed by atoms with Crippen LogP contribution >= 0.6 is 0 Å². The second-order valence-corrected chi connectivity index (χ2v) is 9.62. The molecule has 33 heavy (non-hydrogen) atoms. The van der Waals surface area contributed by atoms with Crippen LogP contribution in [0, 0.1) is 19.8 Å². The van der Waals surface area contributed by atoms with Crippen LogP contribution in [0.1, 0.15) is 50.7 Å². The SMILES string of the molecule is Cc1ccc(-n2c(C(C)N3CCN(C(=O)C(C)C)C(C)C3)nc3ccccc3c2=O)c(C)c1. The molecule has 1 aliphatic rings. The third kappa shape index (κ3) is 4.32. The molecule has 0 radical (unpaired) electrons. The number of para-hydroxylation sites is 1. The van der Waals surface area contributed by atoms with E-state index in [1.165, 1.54) is 0 Å². The summed E-state index contributed by atoms with van der Waals surface area (Å²) in [7, 11) is 0. The monoisotopic (exact) mass is 446 g/mol. The summed E-state index contributed by atoms with van der Waals surface area (Å²) in [6.07, 6.45) is 0. The smallest absolute Gasteiger partial charge is 0.266 e. The Morgan fingerprint density at radius 2 is 1.79 bits per heavy atom. The molecule has 2 heterocycles. The molecule has 3 aromatic rings. The highest BCUT2D eigenvalue weighted by atomic mass is 16.2. The van der Waals surface area contributed by atoms with Gasteiger partial charge < -0.3 is 4.90 Å². The predicted molar refractivity (Wildman–Crippen MR) is 133 cm³/mol. The molecule has 2 unspecified atom stereocenters. The lowest BCUT2D eigenvalue weighted by Crippen LogP contribution is -2.55. The Balaban J connectivity index is 1.79. The minimum absolute atomic E-state index is 0.00623. The third-order valence-electron chi connectivity index (χ3n) is 6.75. The maximum absolute atomic E-state index is 13.7. The summed E-state index contributed by atoms with van der Waals surface area (Å²) < 4.78 is 1.79. The average Bonchev–Trinajstić information content (AvgIpc) is 2.78. The summed E-state index contributed by atoms with van der Waals surface area (Å²) in [6, 6.07) is 13.7. The molecule has 1 saturated heterocycles. The molecule has 0 saturated carbocycles. The minimum Gasteiger partial charge on any atom is -0.337 e. The van der Waals surface area contributed by atoms with Crippen LogP contribution in [-0.2, 0) is 4.79 Å². The van der Waals surface area contributed by atoms with Gasteiger partial charge in [0.2, 0.25) is 5.91 Å². The molecule has 2 atom stereocenters. The van der Waals surface area contributed by atoms with Gasteiger partial charge in [-0.3, -0.25) is 19.1 Å². The summed E-state index contributed by atoms with van der Waals surface area (Å²) in [5.74, 6) is 0.931. The number of hydrogen-bond donors (Lipinski definition) is 0. The summed E-state index contributed by atoms with van der Waals surface area (Å²) in [6.45, 7) is 14.4. The Labute approximate surface area is 195 Å². The van der Waals surface area contributed by atoms with Crippen molar-refractivity contribution in [2.45, 2.75) is 53.6 Å². The van der Waals surface area contributed by atoms with Crippen molar-refractivity contribution in [2.75, 3.05) is 19.6 Å². The molecular weight excluding hydrogens is 412 g/mol. The highest BCUT2D eigenvalue weighted by molar-refractivity contribution is 5.79. The quantitative estimate of drug-likeness (QED) is 0.601. The van der Waals surface area contributed by atoms with Gasteiger partial charge in [-0.25, -0.2) is 4.98 Å². The second kappa shape index (κ2) is 9.10. The number of amides is 1. The number of rotatable bonds is 4. The lowest BCUT2D eigenvalue weighted by Gasteiger charge is -2.43. The van der Waals surface area contributed by atoms with E-state index in [-0.39, 0.29) is 29.5 Å². The van der Waals surface area contributed by atoms with Gasteiger partial charge in [-0.2, -0.15) is 0 Å². The van der Waals surface area contributed by atoms with E-state index in [1.807, 2.05) is 62.1 Å². The fourth-order valence-electron chi connectivity index (χ4n) is 4.88. The molecule has 1 aliphatic heterocycles. The molecule has 6 heteroatoms. The molecule has 6 nitrogen and oxygen atoms in total. The maximum Gasteiger partial charge on any atom is 0.266 e. The number of carbonyl (C=O) groups is 1. The van der Waals surface area contributed by atoms with Gasteiger partial charge in [0.15, 0.2) is 0 Å². The van der Waals surface area contributed by atoms with Crippen LogP contribution in [0.25, 0.3) is 16.6 Å². The fraction of sp³-hybridized carbons (Fsp3) is 0.444. The van der Waals surface area contributed by atoms with E-state index in [1.54, 1.807) is 4.57 Å². The van der Waals surface area contributed by atoms with Crippen LogP contribution in [0.2, 0.25) is 0 Å². The molecule has 4 rings (SSSR count). The van der Waals surface area contributed by atoms with Crippen LogP contribution in [0.3, 0.4) is 0 Å². The van der Waals surface area contributed by atoms with Crippen molar-refractivity contribution in [1.29, 1.82) is 0 Å². The van der Waals surface area contributed by atoms with Crippen LogP contribution in [0.15, 0.2) is 47.3 Å². The summed E-state index contributed by atoms with van der Waals surface area (Å²) in [4.78, 5) is 35.6. The van der Waals surface area contributed by atoms with Crippen molar-refractivity contribution >= 4 is 16.8 Å². The Morgan fingerprint density at radius 1 is 1.06 bits per heavy atom. The topological polar surface area (TPSA) is 58.4 Å². The molecule has 0 aliphatic carbocycles. The number of carbonyl (C=O) groups excluding carboxylic acids is 1. The summed E-state index contributed by atoms with van der Waals surface area (Å²) in [5, 5.41) is 0.620. The van der Waals surface area contributed by atoms with Crippen molar-refractivity contribution < 1.29 is 4.79 Å². The predicted octanol–water partition coefficient (Wildman–Crippen LogP) is 4.25. The number of hydrogen-bond acceptors (Lipinski definition) is 4. The van der Waals surface area contributed by atoms with Crippen molar-refractivity contribution in [3.63, 3.8) is 0 Å². The highest BCUT2D eigenvalue weighted by Crippen LogP contribution is 2.27. The van der Waals surface area contributed by atoms with Crippen LogP contribution in [0.5, 0.6) is 0 Å². The van der Waals surface area contributed by atoms with Crippen molar-refractivity contribution in [2.24, 2.45) is 5.92 Å². The first-order valence-electron chi connectivity index (χ1n) is 11.8. The molecule has 0 bridgehead atoms. The van der Waals surface area contributed by atoms with Crippen molar-refractivity contribution in [3.8, 4) is 5.69 Å². The molecular formula is C27H34N4O2.